The number of allylic oxidation sites excluding steroid dienone is 1. The average Bonchev–Trinajstić information content (AvgIpc) is 2.39. The molecule has 0 radical (unpaired) electrons. The monoisotopic (exact) mass is 213 g/mol. The molecule has 2 nitrogen and oxygen atoms in total. The number of nitrogens with zero attached hydrogens (tertiary/aromatic N) is 1. The van der Waals surface area contributed by atoms with Gasteiger partial charge in [0.05, 0.1) is 0 Å². The SMILES string of the molecule is C=CC1=CCN(C(=O)c2ccccc2)CC1. The fraction of sp³-hybridized carbons (Fsp3) is 0.214. The molecule has 0 bridgehead atoms. The van der Waals surface area contributed by atoms with Crippen LogP contribution >= 0.6 is 0 Å². The summed E-state index contributed by atoms with van der Waals surface area (Å²) in [7, 11) is 0. The summed E-state index contributed by atoms with van der Waals surface area (Å²) in [5.74, 6) is 0.111. The van der Waals surface area contributed by atoms with E-state index in [1.54, 1.807) is 0 Å². The number of amides is 1. The van der Waals surface area contributed by atoms with Crippen molar-refractivity contribution in [3.05, 3.63) is 60.2 Å². The molecular weight excluding hydrogens is 198 g/mol. The molecule has 0 fully saturated rings. The smallest absolute Gasteiger partial charge is 0.254 e. The number of carbonyl (C=O) groups excluding carboxylic acids is 1. The Kier molecular flexibility index (Phi) is 3.20. The van der Waals surface area contributed by atoms with E-state index in [9.17, 15) is 4.79 Å². The van der Waals surface area contributed by atoms with Gasteiger partial charge in [0.1, 0.15) is 0 Å². The average molecular weight is 213 g/mol. The second-order valence-corrected chi connectivity index (χ2v) is 3.85. The molecule has 0 saturated carbocycles. The van der Waals surface area contributed by atoms with E-state index in [4.69, 9.17) is 0 Å². The Morgan fingerprint density at radius 3 is 2.62 bits per heavy atom. The van der Waals surface area contributed by atoms with Gasteiger partial charge in [-0.3, -0.25) is 4.79 Å². The summed E-state index contributed by atoms with van der Waals surface area (Å²) < 4.78 is 0. The van der Waals surface area contributed by atoms with E-state index in [-0.39, 0.29) is 5.91 Å². The van der Waals surface area contributed by atoms with Crippen LogP contribution in [0, 0.1) is 0 Å². The molecule has 1 aromatic rings. The van der Waals surface area contributed by atoms with E-state index in [2.05, 4.69) is 12.7 Å². The standard InChI is InChI=1S/C14H15NO/c1-2-12-8-10-15(11-9-12)14(16)13-6-4-3-5-7-13/h2-8H,1,9-11H2. The number of benzene rings is 1. The van der Waals surface area contributed by atoms with Crippen molar-refractivity contribution in [1.29, 1.82) is 0 Å². The van der Waals surface area contributed by atoms with Crippen molar-refractivity contribution in [2.24, 2.45) is 0 Å². The van der Waals surface area contributed by atoms with Crippen LogP contribution in [-0.4, -0.2) is 23.9 Å². The van der Waals surface area contributed by atoms with Gasteiger partial charge in [-0.25, -0.2) is 0 Å². The lowest BCUT2D eigenvalue weighted by molar-refractivity contribution is 0.0769. The molecule has 0 saturated heterocycles. The maximum Gasteiger partial charge on any atom is 0.254 e. The fourth-order valence-electron chi connectivity index (χ4n) is 1.82. The lowest BCUT2D eigenvalue weighted by atomic mass is 10.1. The largest absolute Gasteiger partial charge is 0.335 e. The first-order valence-electron chi connectivity index (χ1n) is 5.47. The van der Waals surface area contributed by atoms with Gasteiger partial charge in [-0.1, -0.05) is 36.9 Å². The van der Waals surface area contributed by atoms with Crippen LogP contribution in [0.3, 0.4) is 0 Å². The van der Waals surface area contributed by atoms with Crippen LogP contribution < -0.4 is 0 Å². The highest BCUT2D eigenvalue weighted by atomic mass is 16.2. The van der Waals surface area contributed by atoms with Crippen LogP contribution in [0.1, 0.15) is 16.8 Å². The van der Waals surface area contributed by atoms with Crippen LogP contribution in [0.15, 0.2) is 54.6 Å². The molecule has 0 aliphatic carbocycles. The second kappa shape index (κ2) is 4.79. The van der Waals surface area contributed by atoms with Crippen molar-refractivity contribution in [2.45, 2.75) is 6.42 Å². The summed E-state index contributed by atoms with van der Waals surface area (Å²) in [4.78, 5) is 13.9. The van der Waals surface area contributed by atoms with Crippen LogP contribution in [0.4, 0.5) is 0 Å². The third-order valence-electron chi connectivity index (χ3n) is 2.81. The summed E-state index contributed by atoms with van der Waals surface area (Å²) in [6.07, 6.45) is 4.84. The van der Waals surface area contributed by atoms with Crippen LogP contribution in [0.2, 0.25) is 0 Å². The van der Waals surface area contributed by atoms with Gasteiger partial charge in [-0.05, 0) is 24.1 Å². The minimum atomic E-state index is 0.111. The Morgan fingerprint density at radius 1 is 1.31 bits per heavy atom. The predicted octanol–water partition coefficient (Wildman–Crippen LogP) is 2.64. The highest BCUT2D eigenvalue weighted by Gasteiger charge is 2.17. The van der Waals surface area contributed by atoms with E-state index < -0.39 is 0 Å². The maximum absolute atomic E-state index is 12.1. The summed E-state index contributed by atoms with van der Waals surface area (Å²) in [6, 6.07) is 9.41. The fourth-order valence-corrected chi connectivity index (χ4v) is 1.82. The molecule has 1 aliphatic rings. The summed E-state index contributed by atoms with van der Waals surface area (Å²) in [5, 5.41) is 0. The van der Waals surface area contributed by atoms with Crippen molar-refractivity contribution < 1.29 is 4.79 Å². The number of rotatable bonds is 2. The van der Waals surface area contributed by atoms with E-state index in [1.807, 2.05) is 41.3 Å². The van der Waals surface area contributed by atoms with Gasteiger partial charge in [-0.15, -0.1) is 0 Å². The molecule has 0 N–H and O–H groups in total. The normalized spacial score (nSPS) is 15.5. The zero-order valence-corrected chi connectivity index (χ0v) is 9.23. The van der Waals surface area contributed by atoms with Gasteiger partial charge in [0.25, 0.3) is 5.91 Å². The molecule has 0 aromatic heterocycles. The summed E-state index contributed by atoms with van der Waals surface area (Å²) in [6.45, 7) is 5.21. The predicted molar refractivity (Wildman–Crippen MR) is 65.2 cm³/mol. The number of hydrogen-bond acceptors (Lipinski definition) is 1. The Bertz CT molecular complexity index is 420. The lowest BCUT2D eigenvalue weighted by Crippen LogP contribution is -2.34. The Balaban J connectivity index is 2.08. The number of carbonyl (C=O) groups is 1. The molecule has 1 amide bonds. The van der Waals surface area contributed by atoms with E-state index in [0.717, 1.165) is 18.5 Å². The van der Waals surface area contributed by atoms with E-state index in [1.165, 1.54) is 5.57 Å². The highest BCUT2D eigenvalue weighted by molar-refractivity contribution is 5.94. The molecule has 1 aromatic carbocycles. The van der Waals surface area contributed by atoms with Gasteiger partial charge < -0.3 is 4.90 Å². The van der Waals surface area contributed by atoms with Crippen molar-refractivity contribution in [3.8, 4) is 0 Å². The first-order valence-corrected chi connectivity index (χ1v) is 5.47. The van der Waals surface area contributed by atoms with Crippen molar-refractivity contribution >= 4 is 5.91 Å². The molecule has 1 heterocycles. The minimum absolute atomic E-state index is 0.111. The molecule has 2 heteroatoms. The first kappa shape index (κ1) is 10.7. The second-order valence-electron chi connectivity index (χ2n) is 3.85. The third-order valence-corrected chi connectivity index (χ3v) is 2.81. The highest BCUT2D eigenvalue weighted by Crippen LogP contribution is 2.14. The Hall–Kier alpha value is -1.83. The van der Waals surface area contributed by atoms with Gasteiger partial charge in [0, 0.05) is 18.7 Å². The van der Waals surface area contributed by atoms with E-state index in [0.29, 0.717) is 6.54 Å². The van der Waals surface area contributed by atoms with Crippen molar-refractivity contribution in [3.63, 3.8) is 0 Å². The molecule has 1 aliphatic heterocycles. The van der Waals surface area contributed by atoms with Crippen LogP contribution in [0.5, 0.6) is 0 Å². The number of hydrogen-bond donors (Lipinski definition) is 0. The summed E-state index contributed by atoms with van der Waals surface area (Å²) >= 11 is 0. The van der Waals surface area contributed by atoms with Gasteiger partial charge in [0.15, 0.2) is 0 Å². The first-order chi connectivity index (χ1) is 7.81. The third kappa shape index (κ3) is 2.22. The molecule has 2 rings (SSSR count). The van der Waals surface area contributed by atoms with Crippen molar-refractivity contribution in [2.75, 3.05) is 13.1 Å². The molecule has 16 heavy (non-hydrogen) atoms. The quantitative estimate of drug-likeness (QED) is 0.739. The van der Waals surface area contributed by atoms with Gasteiger partial charge >= 0.3 is 0 Å². The van der Waals surface area contributed by atoms with Gasteiger partial charge in [0.2, 0.25) is 0 Å². The zero-order valence-electron chi connectivity index (χ0n) is 9.23. The zero-order chi connectivity index (χ0) is 11.4. The van der Waals surface area contributed by atoms with Gasteiger partial charge in [-0.2, -0.15) is 0 Å². The van der Waals surface area contributed by atoms with Crippen LogP contribution in [-0.2, 0) is 0 Å². The maximum atomic E-state index is 12.1. The molecule has 0 atom stereocenters. The molecule has 0 unspecified atom stereocenters. The minimum Gasteiger partial charge on any atom is -0.335 e. The Morgan fingerprint density at radius 2 is 2.06 bits per heavy atom. The topological polar surface area (TPSA) is 20.3 Å². The molecule has 0 spiro atoms. The Labute approximate surface area is 95.9 Å². The van der Waals surface area contributed by atoms with E-state index >= 15 is 0 Å². The molecule has 82 valence electrons. The molecular formula is C14H15NO. The summed E-state index contributed by atoms with van der Waals surface area (Å²) in [5.41, 5.74) is 2.00. The van der Waals surface area contributed by atoms with Crippen LogP contribution in [0.25, 0.3) is 0 Å². The lowest BCUT2D eigenvalue weighted by Gasteiger charge is -2.25. The van der Waals surface area contributed by atoms with Crippen molar-refractivity contribution in [1.82, 2.24) is 4.90 Å².